The zero-order chi connectivity index (χ0) is 9.68. The normalized spacial score (nSPS) is 34.8. The van der Waals surface area contributed by atoms with Crippen LogP contribution in [0, 0.1) is 0 Å². The lowest BCUT2D eigenvalue weighted by molar-refractivity contribution is -0.113. The van der Waals surface area contributed by atoms with E-state index in [0.29, 0.717) is 13.0 Å². The molecule has 5 heteroatoms. The van der Waals surface area contributed by atoms with Crippen molar-refractivity contribution in [1.29, 1.82) is 0 Å². The van der Waals surface area contributed by atoms with E-state index in [1.54, 1.807) is 11.8 Å². The molecule has 13 heavy (non-hydrogen) atoms. The van der Waals surface area contributed by atoms with Crippen LogP contribution in [0.15, 0.2) is 0 Å². The monoisotopic (exact) mass is 207 g/mol. The predicted octanol–water partition coefficient (Wildman–Crippen LogP) is -0.811. The van der Waals surface area contributed by atoms with Gasteiger partial charge in [-0.25, -0.2) is 0 Å². The van der Waals surface area contributed by atoms with Gasteiger partial charge in [-0.05, 0) is 0 Å². The second-order valence-electron chi connectivity index (χ2n) is 3.19. The Morgan fingerprint density at radius 1 is 1.38 bits per heavy atom. The van der Waals surface area contributed by atoms with E-state index in [1.165, 1.54) is 0 Å². The molecule has 1 rings (SSSR count). The van der Waals surface area contributed by atoms with E-state index >= 15 is 0 Å². The second kappa shape index (κ2) is 5.82. The molecule has 4 nitrogen and oxygen atoms in total. The lowest BCUT2D eigenvalue weighted by Crippen LogP contribution is -2.42. The molecule has 1 aliphatic rings. The Kier molecular flexibility index (Phi) is 5.05. The third-order valence-corrected chi connectivity index (χ3v) is 3.15. The van der Waals surface area contributed by atoms with Crippen LogP contribution in [0.1, 0.15) is 6.42 Å². The molecule has 1 saturated heterocycles. The highest BCUT2D eigenvalue weighted by Crippen LogP contribution is 2.17. The topological polar surface area (TPSA) is 75.7 Å². The maximum absolute atomic E-state index is 9.34. The SMILES string of the molecule is NCCSCC1CC(O)C(O)CO1. The quantitative estimate of drug-likeness (QED) is 0.526. The van der Waals surface area contributed by atoms with Gasteiger partial charge in [0.1, 0.15) is 6.10 Å². The standard InChI is InChI=1S/C8H17NO3S/c9-1-2-13-5-6-3-7(10)8(11)4-12-6/h6-8,10-11H,1-5,9H2. The van der Waals surface area contributed by atoms with E-state index in [4.69, 9.17) is 15.6 Å². The summed E-state index contributed by atoms with van der Waals surface area (Å²) in [7, 11) is 0. The average Bonchev–Trinajstić information content (AvgIpc) is 2.12. The van der Waals surface area contributed by atoms with Gasteiger partial charge in [0.25, 0.3) is 0 Å². The van der Waals surface area contributed by atoms with Crippen molar-refractivity contribution in [2.75, 3.05) is 24.7 Å². The Labute approximate surface area is 82.5 Å². The fourth-order valence-corrected chi connectivity index (χ4v) is 2.08. The van der Waals surface area contributed by atoms with E-state index in [1.807, 2.05) is 0 Å². The first-order valence-electron chi connectivity index (χ1n) is 4.49. The Bertz CT molecular complexity index is 147. The van der Waals surface area contributed by atoms with Crippen LogP contribution in [0.5, 0.6) is 0 Å². The predicted molar refractivity (Wildman–Crippen MR) is 52.8 cm³/mol. The van der Waals surface area contributed by atoms with Crippen molar-refractivity contribution in [3.63, 3.8) is 0 Å². The molecule has 1 heterocycles. The molecule has 0 spiro atoms. The molecule has 1 fully saturated rings. The number of aliphatic hydroxyl groups excluding tert-OH is 2. The van der Waals surface area contributed by atoms with Crippen molar-refractivity contribution in [1.82, 2.24) is 0 Å². The van der Waals surface area contributed by atoms with Crippen molar-refractivity contribution < 1.29 is 14.9 Å². The molecule has 0 bridgehead atoms. The van der Waals surface area contributed by atoms with Crippen LogP contribution >= 0.6 is 11.8 Å². The minimum Gasteiger partial charge on any atom is -0.390 e. The molecule has 0 radical (unpaired) electrons. The van der Waals surface area contributed by atoms with Crippen LogP contribution in [0.4, 0.5) is 0 Å². The Morgan fingerprint density at radius 2 is 2.15 bits per heavy atom. The molecule has 0 aromatic heterocycles. The summed E-state index contributed by atoms with van der Waals surface area (Å²) in [5, 5.41) is 18.5. The van der Waals surface area contributed by atoms with Crippen LogP contribution in [0.25, 0.3) is 0 Å². The van der Waals surface area contributed by atoms with Crippen molar-refractivity contribution in [2.45, 2.75) is 24.7 Å². The summed E-state index contributed by atoms with van der Waals surface area (Å²) in [5.41, 5.74) is 5.34. The molecule has 0 saturated carbocycles. The van der Waals surface area contributed by atoms with Crippen molar-refractivity contribution in [2.24, 2.45) is 5.73 Å². The van der Waals surface area contributed by atoms with Crippen molar-refractivity contribution in [3.05, 3.63) is 0 Å². The van der Waals surface area contributed by atoms with Crippen molar-refractivity contribution in [3.8, 4) is 0 Å². The van der Waals surface area contributed by atoms with Gasteiger partial charge < -0.3 is 20.7 Å². The fourth-order valence-electron chi connectivity index (χ4n) is 1.25. The first-order valence-corrected chi connectivity index (χ1v) is 5.65. The maximum atomic E-state index is 9.34. The summed E-state index contributed by atoms with van der Waals surface area (Å²) in [5.74, 6) is 1.76. The molecule has 0 aromatic rings. The molecule has 0 aliphatic carbocycles. The van der Waals surface area contributed by atoms with E-state index < -0.39 is 12.2 Å². The van der Waals surface area contributed by atoms with E-state index in [0.717, 1.165) is 11.5 Å². The lowest BCUT2D eigenvalue weighted by atomic mass is 10.1. The molecule has 1 aliphatic heterocycles. The summed E-state index contributed by atoms with van der Waals surface area (Å²) in [6.45, 7) is 0.914. The van der Waals surface area contributed by atoms with Gasteiger partial charge in [-0.1, -0.05) is 0 Å². The lowest BCUT2D eigenvalue weighted by Gasteiger charge is -2.30. The van der Waals surface area contributed by atoms with Crippen LogP contribution in [-0.2, 0) is 4.74 Å². The molecular formula is C8H17NO3S. The third-order valence-electron chi connectivity index (χ3n) is 2.02. The smallest absolute Gasteiger partial charge is 0.103 e. The molecule has 3 unspecified atom stereocenters. The number of rotatable bonds is 4. The van der Waals surface area contributed by atoms with Crippen LogP contribution in [0.2, 0.25) is 0 Å². The fraction of sp³-hybridized carbons (Fsp3) is 1.00. The minimum absolute atomic E-state index is 0.0648. The molecular weight excluding hydrogens is 190 g/mol. The van der Waals surface area contributed by atoms with Gasteiger partial charge in [-0.2, -0.15) is 11.8 Å². The first-order chi connectivity index (χ1) is 6.24. The molecule has 78 valence electrons. The molecule has 0 amide bonds. The zero-order valence-corrected chi connectivity index (χ0v) is 8.37. The van der Waals surface area contributed by atoms with E-state index in [9.17, 15) is 5.11 Å². The summed E-state index contributed by atoms with van der Waals surface area (Å²) >= 11 is 1.72. The number of hydrogen-bond acceptors (Lipinski definition) is 5. The summed E-state index contributed by atoms with van der Waals surface area (Å²) < 4.78 is 5.34. The van der Waals surface area contributed by atoms with Gasteiger partial charge in [0.15, 0.2) is 0 Å². The molecule has 3 atom stereocenters. The molecule has 4 N–H and O–H groups in total. The van der Waals surface area contributed by atoms with E-state index in [2.05, 4.69) is 0 Å². The van der Waals surface area contributed by atoms with Gasteiger partial charge >= 0.3 is 0 Å². The Balaban J connectivity index is 2.14. The number of ether oxygens (including phenoxy) is 1. The van der Waals surface area contributed by atoms with E-state index in [-0.39, 0.29) is 12.7 Å². The maximum Gasteiger partial charge on any atom is 0.103 e. The van der Waals surface area contributed by atoms with Crippen LogP contribution < -0.4 is 5.73 Å². The Hall–Kier alpha value is 0.190. The van der Waals surface area contributed by atoms with Crippen LogP contribution in [0.3, 0.4) is 0 Å². The summed E-state index contributed by atoms with van der Waals surface area (Å²) in [6, 6.07) is 0. The summed E-state index contributed by atoms with van der Waals surface area (Å²) in [6.07, 6.45) is -0.749. The highest BCUT2D eigenvalue weighted by molar-refractivity contribution is 7.99. The van der Waals surface area contributed by atoms with Gasteiger partial charge in [0, 0.05) is 24.5 Å². The zero-order valence-electron chi connectivity index (χ0n) is 7.56. The van der Waals surface area contributed by atoms with Gasteiger partial charge in [0.2, 0.25) is 0 Å². The van der Waals surface area contributed by atoms with Gasteiger partial charge in [-0.15, -0.1) is 0 Å². The Morgan fingerprint density at radius 3 is 2.77 bits per heavy atom. The first kappa shape index (κ1) is 11.3. The second-order valence-corrected chi connectivity index (χ2v) is 4.34. The van der Waals surface area contributed by atoms with Crippen LogP contribution in [-0.4, -0.2) is 53.2 Å². The summed E-state index contributed by atoms with van der Waals surface area (Å²) in [4.78, 5) is 0. The number of hydrogen-bond donors (Lipinski definition) is 3. The highest BCUT2D eigenvalue weighted by Gasteiger charge is 2.27. The third kappa shape index (κ3) is 3.83. The highest BCUT2D eigenvalue weighted by atomic mass is 32.2. The van der Waals surface area contributed by atoms with Gasteiger partial charge in [0.05, 0.1) is 18.8 Å². The molecule has 0 aromatic carbocycles. The van der Waals surface area contributed by atoms with Crippen molar-refractivity contribution >= 4 is 11.8 Å². The number of thioether (sulfide) groups is 1. The number of aliphatic hydroxyl groups is 2. The number of nitrogens with two attached hydrogens (primary N) is 1. The largest absolute Gasteiger partial charge is 0.390 e. The average molecular weight is 207 g/mol. The van der Waals surface area contributed by atoms with Gasteiger partial charge in [-0.3, -0.25) is 0 Å². The minimum atomic E-state index is -0.712.